The quantitative estimate of drug-likeness (QED) is 0.0857. The first-order valence-electron chi connectivity index (χ1n) is 18.0. The highest BCUT2D eigenvalue weighted by atomic mass is 32.1. The van der Waals surface area contributed by atoms with Crippen LogP contribution in [0.4, 0.5) is 0 Å². The highest BCUT2D eigenvalue weighted by molar-refractivity contribution is 7.22. The summed E-state index contributed by atoms with van der Waals surface area (Å²) in [6.45, 7) is 9.45. The molecule has 42 heavy (non-hydrogen) atoms. The van der Waals surface area contributed by atoms with Crippen LogP contribution in [0.3, 0.4) is 0 Å². The molecule has 0 bridgehead atoms. The Bertz CT molecular complexity index is 1150. The van der Waals surface area contributed by atoms with Crippen LogP contribution in [-0.4, -0.2) is 16.1 Å². The predicted molar refractivity (Wildman–Crippen MR) is 199 cm³/mol. The van der Waals surface area contributed by atoms with E-state index in [0.717, 1.165) is 0 Å². The molecule has 0 radical (unpaired) electrons. The lowest BCUT2D eigenvalue weighted by atomic mass is 10.1. The van der Waals surface area contributed by atoms with Gasteiger partial charge >= 0.3 is 0 Å². The fraction of sp³-hybridized carbons (Fsp3) is 0.632. The third-order valence-corrected chi connectivity index (χ3v) is 23.7. The van der Waals surface area contributed by atoms with Gasteiger partial charge in [0, 0.05) is 9.75 Å². The van der Waals surface area contributed by atoms with Gasteiger partial charge in [-0.2, -0.15) is 0 Å². The molecule has 0 saturated heterocycles. The standard InChI is InChI=1S/C38H58S2Si2/c1-5-9-13-17-25-41(26-18-14-10-6-2)33-21-23-39-37(33)31-30-36-32(29-35(31)41)38-34(22-24-40-38)42(36,27-19-15-11-7-3)28-20-16-12-8-4/h21-24,29-30H,5-20,25-28H2,1-4H3. The highest BCUT2D eigenvalue weighted by Crippen LogP contribution is 2.43. The molecule has 5 rings (SSSR count). The van der Waals surface area contributed by atoms with Crippen molar-refractivity contribution < 1.29 is 0 Å². The van der Waals surface area contributed by atoms with Crippen LogP contribution in [0.2, 0.25) is 24.2 Å². The van der Waals surface area contributed by atoms with Gasteiger partial charge in [0.1, 0.15) is 16.1 Å². The van der Waals surface area contributed by atoms with Crippen molar-refractivity contribution in [3.05, 3.63) is 35.0 Å². The van der Waals surface area contributed by atoms with Crippen molar-refractivity contribution in [2.24, 2.45) is 0 Å². The minimum atomic E-state index is -1.75. The molecule has 0 atom stereocenters. The van der Waals surface area contributed by atoms with Gasteiger partial charge in [-0.15, -0.1) is 22.7 Å². The lowest BCUT2D eigenvalue weighted by Crippen LogP contribution is -2.56. The number of benzene rings is 1. The van der Waals surface area contributed by atoms with Gasteiger partial charge in [0.05, 0.1) is 0 Å². The average molecular weight is 635 g/mol. The number of fused-ring (bicyclic) bond motifs is 6. The van der Waals surface area contributed by atoms with Crippen molar-refractivity contribution >= 4 is 59.6 Å². The maximum atomic E-state index is 2.87. The van der Waals surface area contributed by atoms with Gasteiger partial charge in [0.15, 0.2) is 0 Å². The Hall–Kier alpha value is -0.946. The molecule has 0 unspecified atom stereocenters. The van der Waals surface area contributed by atoms with Crippen molar-refractivity contribution in [2.45, 2.75) is 155 Å². The molecule has 0 nitrogen and oxygen atoms in total. The van der Waals surface area contributed by atoms with Crippen LogP contribution >= 0.6 is 22.7 Å². The number of thiophene rings is 2. The van der Waals surface area contributed by atoms with Crippen molar-refractivity contribution in [1.82, 2.24) is 0 Å². The molecule has 2 aliphatic rings. The van der Waals surface area contributed by atoms with Gasteiger partial charge in [-0.1, -0.05) is 155 Å². The lowest BCUT2D eigenvalue weighted by molar-refractivity contribution is 0.684. The summed E-state index contributed by atoms with van der Waals surface area (Å²) in [6, 6.07) is 16.8. The molecule has 4 heterocycles. The summed E-state index contributed by atoms with van der Waals surface area (Å²) in [5.41, 5.74) is 3.43. The molecule has 230 valence electrons. The SMILES string of the molecule is CCCCCC[Si]1(CCCCCC)c2cc3c(cc2-c2sccc21)[Si](CCCCCC)(CCCCCC)c1ccsc1-3. The van der Waals surface area contributed by atoms with Crippen LogP contribution in [0, 0.1) is 0 Å². The van der Waals surface area contributed by atoms with Gasteiger partial charge in [0.25, 0.3) is 0 Å². The normalized spacial score (nSPS) is 15.5. The first-order chi connectivity index (χ1) is 20.7. The third-order valence-electron chi connectivity index (χ3n) is 10.9. The summed E-state index contributed by atoms with van der Waals surface area (Å²) in [6.07, 6.45) is 22.3. The first-order valence-corrected chi connectivity index (χ1v) is 24.6. The molecule has 0 N–H and O–H groups in total. The Kier molecular flexibility index (Phi) is 11.9. The second kappa shape index (κ2) is 15.4. The van der Waals surface area contributed by atoms with Crippen LogP contribution < -0.4 is 20.7 Å². The molecule has 0 aliphatic carbocycles. The summed E-state index contributed by atoms with van der Waals surface area (Å²) in [5.74, 6) is 0. The van der Waals surface area contributed by atoms with E-state index < -0.39 is 16.1 Å². The van der Waals surface area contributed by atoms with Gasteiger partial charge in [-0.25, -0.2) is 0 Å². The molecule has 0 amide bonds. The maximum Gasteiger partial charge on any atom is 0.120 e. The number of hydrogen-bond acceptors (Lipinski definition) is 2. The zero-order chi connectivity index (χ0) is 29.4. The van der Waals surface area contributed by atoms with E-state index in [1.807, 2.05) is 20.7 Å². The van der Waals surface area contributed by atoms with Gasteiger partial charge < -0.3 is 0 Å². The van der Waals surface area contributed by atoms with Crippen molar-refractivity contribution in [3.8, 4) is 20.9 Å². The molecule has 3 aromatic rings. The number of hydrogen-bond donors (Lipinski definition) is 0. The molecular formula is C38H58S2Si2. The Morgan fingerprint density at radius 1 is 0.429 bits per heavy atom. The smallest absolute Gasteiger partial charge is 0.120 e. The lowest BCUT2D eigenvalue weighted by Gasteiger charge is -2.32. The van der Waals surface area contributed by atoms with E-state index in [2.05, 4.69) is 85.4 Å². The van der Waals surface area contributed by atoms with Crippen LogP contribution in [0.25, 0.3) is 20.9 Å². The van der Waals surface area contributed by atoms with Crippen molar-refractivity contribution in [1.29, 1.82) is 0 Å². The summed E-state index contributed by atoms with van der Waals surface area (Å²) in [5, 5.41) is 12.3. The first kappa shape index (κ1) is 32.4. The van der Waals surface area contributed by atoms with Crippen molar-refractivity contribution in [2.75, 3.05) is 0 Å². The average Bonchev–Trinajstić information content (AvgIpc) is 3.78. The molecule has 0 spiro atoms. The zero-order valence-corrected chi connectivity index (χ0v) is 31.1. The number of rotatable bonds is 20. The fourth-order valence-electron chi connectivity index (χ4n) is 8.59. The maximum absolute atomic E-state index is 2.87. The Morgan fingerprint density at radius 3 is 1.07 bits per heavy atom. The van der Waals surface area contributed by atoms with Crippen LogP contribution in [0.1, 0.15) is 130 Å². The van der Waals surface area contributed by atoms with Gasteiger partial charge in [-0.3, -0.25) is 0 Å². The largest absolute Gasteiger partial charge is 0.144 e. The van der Waals surface area contributed by atoms with E-state index >= 15 is 0 Å². The van der Waals surface area contributed by atoms with Gasteiger partial charge in [0.2, 0.25) is 0 Å². The zero-order valence-electron chi connectivity index (χ0n) is 27.4. The summed E-state index contributed by atoms with van der Waals surface area (Å²) in [4.78, 5) is 3.39. The summed E-state index contributed by atoms with van der Waals surface area (Å²) in [7, 11) is -3.51. The molecule has 0 fully saturated rings. The Balaban J connectivity index is 1.60. The van der Waals surface area contributed by atoms with E-state index in [0.29, 0.717) is 0 Å². The minimum absolute atomic E-state index is 1.34. The summed E-state index contributed by atoms with van der Waals surface area (Å²) >= 11 is 4.16. The monoisotopic (exact) mass is 634 g/mol. The van der Waals surface area contributed by atoms with E-state index in [1.165, 1.54) is 127 Å². The fourth-order valence-corrected chi connectivity index (χ4v) is 23.1. The van der Waals surface area contributed by atoms with E-state index in [4.69, 9.17) is 0 Å². The van der Waals surface area contributed by atoms with Crippen LogP contribution in [-0.2, 0) is 0 Å². The molecule has 1 aromatic carbocycles. The topological polar surface area (TPSA) is 0 Å². The van der Waals surface area contributed by atoms with E-state index in [9.17, 15) is 0 Å². The Labute approximate surface area is 268 Å². The van der Waals surface area contributed by atoms with E-state index in [-0.39, 0.29) is 0 Å². The molecule has 2 aliphatic heterocycles. The second-order valence-electron chi connectivity index (χ2n) is 13.7. The van der Waals surface area contributed by atoms with Gasteiger partial charge in [-0.05, 0) is 66.8 Å². The minimum Gasteiger partial charge on any atom is -0.144 e. The van der Waals surface area contributed by atoms with Crippen LogP contribution in [0.5, 0.6) is 0 Å². The third kappa shape index (κ3) is 6.26. The molecule has 4 heteroatoms. The molecule has 2 aromatic heterocycles. The number of unbranched alkanes of at least 4 members (excludes halogenated alkanes) is 12. The molecular weight excluding hydrogens is 577 g/mol. The van der Waals surface area contributed by atoms with E-state index in [1.54, 1.807) is 20.9 Å². The summed E-state index contributed by atoms with van der Waals surface area (Å²) < 4.78 is 0. The Morgan fingerprint density at radius 2 is 0.762 bits per heavy atom. The van der Waals surface area contributed by atoms with Crippen molar-refractivity contribution in [3.63, 3.8) is 0 Å². The highest BCUT2D eigenvalue weighted by Gasteiger charge is 2.50. The predicted octanol–water partition coefficient (Wildman–Crippen LogP) is 11.2. The van der Waals surface area contributed by atoms with Crippen LogP contribution in [0.15, 0.2) is 35.0 Å². The second-order valence-corrected chi connectivity index (χ2v) is 24.0. The molecule has 0 saturated carbocycles.